The Morgan fingerprint density at radius 2 is 1.80 bits per heavy atom. The Balaban J connectivity index is 2.34. The van der Waals surface area contributed by atoms with Crippen molar-refractivity contribution in [1.82, 2.24) is 0 Å². The van der Waals surface area contributed by atoms with Crippen LogP contribution in [0.3, 0.4) is 0 Å². The fourth-order valence-electron chi connectivity index (χ4n) is 2.17. The molecule has 0 aliphatic heterocycles. The zero-order chi connectivity index (χ0) is 18.4. The first-order chi connectivity index (χ1) is 11.9. The Kier molecular flexibility index (Phi) is 5.78. The van der Waals surface area contributed by atoms with Gasteiger partial charge in [-0.15, -0.1) is 0 Å². The van der Waals surface area contributed by atoms with Gasteiger partial charge in [0.05, 0.1) is 12.2 Å². The Hall–Kier alpha value is -2.85. The molecule has 0 N–H and O–H groups in total. The molecule has 0 aliphatic rings. The van der Waals surface area contributed by atoms with E-state index in [1.54, 1.807) is 32.0 Å². The molecule has 7 heteroatoms. The van der Waals surface area contributed by atoms with Crippen molar-refractivity contribution < 1.29 is 22.1 Å². The molecule has 25 heavy (non-hydrogen) atoms. The maximum Gasteiger partial charge on any atom is 0.340 e. The third-order valence-corrected chi connectivity index (χ3v) is 4.55. The number of carbonyl (C=O) groups excluding carboxylic acids is 1. The van der Waals surface area contributed by atoms with Gasteiger partial charge in [0.15, 0.2) is 0 Å². The van der Waals surface area contributed by atoms with Gasteiger partial charge in [-0.3, -0.25) is 0 Å². The summed E-state index contributed by atoms with van der Waals surface area (Å²) < 4.78 is 35.7. The number of hydrogen-bond donors (Lipinski definition) is 0. The van der Waals surface area contributed by atoms with Crippen LogP contribution in [0.15, 0.2) is 41.3 Å². The fourth-order valence-corrected chi connectivity index (χ4v) is 3.32. The van der Waals surface area contributed by atoms with Gasteiger partial charge < -0.3 is 13.7 Å². The highest BCUT2D eigenvalue weighted by atomic mass is 32.2. The van der Waals surface area contributed by atoms with E-state index < -0.39 is 10.1 Å². The summed E-state index contributed by atoms with van der Waals surface area (Å²) >= 11 is 0. The summed E-state index contributed by atoms with van der Waals surface area (Å²) in [6.07, 6.45) is 0.968. The third kappa shape index (κ3) is 4.81. The van der Waals surface area contributed by atoms with E-state index in [9.17, 15) is 13.2 Å². The van der Waals surface area contributed by atoms with Crippen LogP contribution in [0.4, 0.5) is 0 Å². The van der Waals surface area contributed by atoms with Gasteiger partial charge in [-0.05, 0) is 49.2 Å². The van der Waals surface area contributed by atoms with E-state index in [1.165, 1.54) is 18.2 Å². The molecule has 0 spiro atoms. The third-order valence-electron chi connectivity index (χ3n) is 3.26. The molecule has 130 valence electrons. The number of carbonyl (C=O) groups is 1. The highest BCUT2D eigenvalue weighted by molar-refractivity contribution is 7.87. The minimum absolute atomic E-state index is 0.0145. The minimum atomic E-state index is -4.17. The SMILES string of the molecule is Cc1cc(OCCC=O)cc(OS(=O)(=O)c2cc(C)ccc2C#N)c1. The van der Waals surface area contributed by atoms with Gasteiger partial charge in [-0.2, -0.15) is 13.7 Å². The normalized spacial score (nSPS) is 10.8. The average Bonchev–Trinajstić information content (AvgIpc) is 2.54. The molecule has 0 atom stereocenters. The monoisotopic (exact) mass is 359 g/mol. The Bertz CT molecular complexity index is 929. The van der Waals surface area contributed by atoms with E-state index in [0.717, 1.165) is 11.8 Å². The predicted octanol–water partition coefficient (Wildman–Crippen LogP) is 2.91. The number of benzene rings is 2. The lowest BCUT2D eigenvalue weighted by molar-refractivity contribution is -0.108. The van der Waals surface area contributed by atoms with Gasteiger partial charge in [0.2, 0.25) is 0 Å². The van der Waals surface area contributed by atoms with Crippen LogP contribution in [-0.2, 0) is 14.9 Å². The van der Waals surface area contributed by atoms with Crippen LogP contribution in [0.5, 0.6) is 11.5 Å². The number of aldehydes is 1. The Morgan fingerprint density at radius 1 is 1.08 bits per heavy atom. The van der Waals surface area contributed by atoms with Gasteiger partial charge in [-0.25, -0.2) is 0 Å². The number of nitrogens with zero attached hydrogens (tertiary/aromatic N) is 1. The van der Waals surface area contributed by atoms with Crippen molar-refractivity contribution in [2.45, 2.75) is 25.2 Å². The molecule has 0 amide bonds. The van der Waals surface area contributed by atoms with Crippen LogP contribution in [0.2, 0.25) is 0 Å². The van der Waals surface area contributed by atoms with Gasteiger partial charge in [-0.1, -0.05) is 6.07 Å². The van der Waals surface area contributed by atoms with Crippen LogP contribution in [-0.4, -0.2) is 21.3 Å². The van der Waals surface area contributed by atoms with Gasteiger partial charge in [0.1, 0.15) is 28.7 Å². The van der Waals surface area contributed by atoms with Crippen LogP contribution in [0.25, 0.3) is 0 Å². The number of aryl methyl sites for hydroxylation is 2. The van der Waals surface area contributed by atoms with E-state index in [1.807, 2.05) is 6.07 Å². The van der Waals surface area contributed by atoms with Crippen molar-refractivity contribution in [3.63, 3.8) is 0 Å². The van der Waals surface area contributed by atoms with Gasteiger partial charge >= 0.3 is 10.1 Å². The second kappa shape index (κ2) is 7.81. The molecule has 0 aromatic heterocycles. The van der Waals surface area contributed by atoms with Crippen LogP contribution in [0, 0.1) is 25.2 Å². The largest absolute Gasteiger partial charge is 0.493 e. The molecule has 6 nitrogen and oxygen atoms in total. The number of nitriles is 1. The van der Waals surface area contributed by atoms with Crippen molar-refractivity contribution in [1.29, 1.82) is 5.26 Å². The molecule has 0 radical (unpaired) electrons. The predicted molar refractivity (Wildman–Crippen MR) is 91.1 cm³/mol. The number of ether oxygens (including phenoxy) is 1. The molecule has 0 bridgehead atoms. The first kappa shape index (κ1) is 18.5. The molecule has 0 fully saturated rings. The second-order valence-electron chi connectivity index (χ2n) is 5.43. The van der Waals surface area contributed by atoms with Crippen molar-refractivity contribution in [2.24, 2.45) is 0 Å². The lowest BCUT2D eigenvalue weighted by Crippen LogP contribution is -2.12. The molecule has 0 saturated carbocycles. The summed E-state index contributed by atoms with van der Waals surface area (Å²) in [6.45, 7) is 3.68. The number of hydrogen-bond acceptors (Lipinski definition) is 6. The Labute approximate surface area is 146 Å². The molecule has 0 heterocycles. The van der Waals surface area contributed by atoms with Crippen LogP contribution >= 0.6 is 0 Å². The zero-order valence-corrected chi connectivity index (χ0v) is 14.7. The average molecular weight is 359 g/mol. The van der Waals surface area contributed by atoms with Crippen molar-refractivity contribution in [2.75, 3.05) is 6.61 Å². The van der Waals surface area contributed by atoms with Crippen molar-refractivity contribution in [3.8, 4) is 17.6 Å². The van der Waals surface area contributed by atoms with Gasteiger partial charge in [0.25, 0.3) is 0 Å². The molecule has 0 aliphatic carbocycles. The molecular weight excluding hydrogens is 342 g/mol. The molecule has 0 saturated heterocycles. The summed E-state index contributed by atoms with van der Waals surface area (Å²) in [5.41, 5.74) is 1.45. The quantitative estimate of drug-likeness (QED) is 0.429. The highest BCUT2D eigenvalue weighted by Crippen LogP contribution is 2.27. The van der Waals surface area contributed by atoms with E-state index in [4.69, 9.17) is 14.2 Å². The summed E-state index contributed by atoms with van der Waals surface area (Å²) in [6, 6.07) is 11.0. The lowest BCUT2D eigenvalue weighted by atomic mass is 10.2. The first-order valence-electron chi connectivity index (χ1n) is 7.49. The van der Waals surface area contributed by atoms with Crippen LogP contribution in [0.1, 0.15) is 23.1 Å². The molecule has 2 aromatic rings. The van der Waals surface area contributed by atoms with E-state index in [-0.39, 0.29) is 29.2 Å². The smallest absolute Gasteiger partial charge is 0.340 e. The summed E-state index contributed by atoms with van der Waals surface area (Å²) in [7, 11) is -4.17. The second-order valence-corrected chi connectivity index (χ2v) is 6.95. The standard InChI is InChI=1S/C18H17NO5S/c1-13-4-5-15(12-19)18(10-13)25(21,22)24-17-9-14(2)8-16(11-17)23-7-3-6-20/h4-6,8-11H,3,7H2,1-2H3. The summed E-state index contributed by atoms with van der Waals surface area (Å²) in [4.78, 5) is 10.2. The molecule has 2 rings (SSSR count). The lowest BCUT2D eigenvalue weighted by Gasteiger charge is -2.12. The Morgan fingerprint density at radius 3 is 2.48 bits per heavy atom. The molecular formula is C18H17NO5S. The van der Waals surface area contributed by atoms with Crippen molar-refractivity contribution in [3.05, 3.63) is 53.1 Å². The highest BCUT2D eigenvalue weighted by Gasteiger charge is 2.22. The van der Waals surface area contributed by atoms with E-state index >= 15 is 0 Å². The van der Waals surface area contributed by atoms with E-state index in [0.29, 0.717) is 11.3 Å². The topological polar surface area (TPSA) is 93.5 Å². The molecule has 2 aromatic carbocycles. The van der Waals surface area contributed by atoms with Crippen LogP contribution < -0.4 is 8.92 Å². The van der Waals surface area contributed by atoms with Gasteiger partial charge in [0, 0.05) is 12.5 Å². The number of rotatable bonds is 7. The maximum atomic E-state index is 12.6. The summed E-state index contributed by atoms with van der Waals surface area (Å²) in [5, 5.41) is 9.13. The fraction of sp³-hybridized carbons (Fsp3) is 0.222. The zero-order valence-electron chi connectivity index (χ0n) is 13.9. The molecule has 0 unspecified atom stereocenters. The minimum Gasteiger partial charge on any atom is -0.493 e. The summed E-state index contributed by atoms with van der Waals surface area (Å²) in [5.74, 6) is 0.475. The van der Waals surface area contributed by atoms with Crippen molar-refractivity contribution >= 4 is 16.4 Å². The first-order valence-corrected chi connectivity index (χ1v) is 8.90. The van der Waals surface area contributed by atoms with E-state index in [2.05, 4.69) is 0 Å². The maximum absolute atomic E-state index is 12.6.